The molecule has 4 N–H and O–H groups in total. The first-order chi connectivity index (χ1) is 13.8. The molecule has 0 aliphatic heterocycles. The molecule has 2 aromatic rings. The van der Waals surface area contributed by atoms with Gasteiger partial charge in [-0.15, -0.1) is 0 Å². The van der Waals surface area contributed by atoms with Gasteiger partial charge in [0, 0.05) is 6.04 Å². The van der Waals surface area contributed by atoms with Crippen molar-refractivity contribution in [1.82, 2.24) is 16.2 Å². The lowest BCUT2D eigenvalue weighted by Crippen LogP contribution is -2.44. The molecule has 4 amide bonds. The lowest BCUT2D eigenvalue weighted by Gasteiger charge is -2.14. The van der Waals surface area contributed by atoms with Crippen molar-refractivity contribution in [3.8, 4) is 5.75 Å². The molecule has 0 spiro atoms. The zero-order valence-corrected chi connectivity index (χ0v) is 17.0. The predicted molar refractivity (Wildman–Crippen MR) is 111 cm³/mol. The van der Waals surface area contributed by atoms with Crippen LogP contribution in [0, 0.1) is 13.8 Å². The minimum absolute atomic E-state index is 0.0488. The van der Waals surface area contributed by atoms with E-state index in [1.165, 1.54) is 0 Å². The van der Waals surface area contributed by atoms with Gasteiger partial charge in [-0.2, -0.15) is 0 Å². The number of carbonyl (C=O) groups excluding carboxylic acids is 3. The Kier molecular flexibility index (Phi) is 7.59. The van der Waals surface area contributed by atoms with E-state index in [0.717, 1.165) is 11.1 Å². The van der Waals surface area contributed by atoms with Gasteiger partial charge in [0.1, 0.15) is 5.75 Å². The predicted octanol–water partition coefficient (Wildman–Crippen LogP) is 2.67. The fraction of sp³-hybridized carbons (Fsp3) is 0.286. The third-order valence-corrected chi connectivity index (χ3v) is 3.86. The molecule has 29 heavy (non-hydrogen) atoms. The number of benzene rings is 2. The van der Waals surface area contributed by atoms with Crippen molar-refractivity contribution in [3.63, 3.8) is 0 Å². The van der Waals surface area contributed by atoms with Gasteiger partial charge in [-0.05, 0) is 57.0 Å². The molecule has 0 aliphatic rings. The van der Waals surface area contributed by atoms with Crippen molar-refractivity contribution in [2.24, 2.45) is 0 Å². The number of anilines is 1. The standard InChI is InChI=1S/C21H26N4O4/c1-13(2)22-21(28)23-17-8-6-5-7-16(17)20(27)25-24-19(26)12-29-18-11-14(3)9-10-15(18)4/h5-11,13H,12H2,1-4H3,(H,24,26)(H,25,27)(H2,22,23,28). The Balaban J connectivity index is 1.91. The zero-order valence-electron chi connectivity index (χ0n) is 17.0. The highest BCUT2D eigenvalue weighted by molar-refractivity contribution is 6.03. The number of amides is 4. The number of ether oxygens (including phenoxy) is 1. The molecule has 2 aromatic carbocycles. The van der Waals surface area contributed by atoms with Gasteiger partial charge in [0.15, 0.2) is 6.61 Å². The molecule has 8 nitrogen and oxygen atoms in total. The summed E-state index contributed by atoms with van der Waals surface area (Å²) < 4.78 is 5.50. The van der Waals surface area contributed by atoms with Gasteiger partial charge in [-0.3, -0.25) is 20.4 Å². The second-order valence-corrected chi connectivity index (χ2v) is 6.86. The second kappa shape index (κ2) is 10.1. The first-order valence-electron chi connectivity index (χ1n) is 9.22. The Morgan fingerprint density at radius 3 is 2.45 bits per heavy atom. The Labute approximate surface area is 170 Å². The summed E-state index contributed by atoms with van der Waals surface area (Å²) in [5.74, 6) is -0.468. The molecule has 0 aliphatic carbocycles. The van der Waals surface area contributed by atoms with E-state index in [1.54, 1.807) is 24.3 Å². The fourth-order valence-corrected chi connectivity index (χ4v) is 2.45. The smallest absolute Gasteiger partial charge is 0.319 e. The number of hydrogen-bond donors (Lipinski definition) is 4. The van der Waals surface area contributed by atoms with E-state index in [0.29, 0.717) is 11.4 Å². The van der Waals surface area contributed by atoms with E-state index in [4.69, 9.17) is 4.74 Å². The minimum atomic E-state index is -0.564. The molecule has 0 atom stereocenters. The van der Waals surface area contributed by atoms with Crippen molar-refractivity contribution < 1.29 is 19.1 Å². The second-order valence-electron chi connectivity index (χ2n) is 6.86. The van der Waals surface area contributed by atoms with E-state index >= 15 is 0 Å². The van der Waals surface area contributed by atoms with Crippen LogP contribution in [0.2, 0.25) is 0 Å². The quantitative estimate of drug-likeness (QED) is 0.561. The Morgan fingerprint density at radius 2 is 1.72 bits per heavy atom. The first kappa shape index (κ1) is 21.7. The maximum Gasteiger partial charge on any atom is 0.319 e. The largest absolute Gasteiger partial charge is 0.483 e. The van der Waals surface area contributed by atoms with Gasteiger partial charge in [0.2, 0.25) is 0 Å². The molecule has 154 valence electrons. The van der Waals surface area contributed by atoms with Crippen LogP contribution in [0.1, 0.15) is 35.3 Å². The Hall–Kier alpha value is -3.55. The van der Waals surface area contributed by atoms with Crippen LogP contribution in [0.25, 0.3) is 0 Å². The number of para-hydroxylation sites is 1. The topological polar surface area (TPSA) is 109 Å². The summed E-state index contributed by atoms with van der Waals surface area (Å²) in [4.78, 5) is 36.3. The average Bonchev–Trinajstić information content (AvgIpc) is 2.66. The number of hydrazine groups is 1. The number of carbonyl (C=O) groups is 3. The third kappa shape index (κ3) is 6.84. The van der Waals surface area contributed by atoms with E-state index < -0.39 is 17.8 Å². The van der Waals surface area contributed by atoms with E-state index in [2.05, 4.69) is 21.5 Å². The number of aryl methyl sites for hydroxylation is 2. The van der Waals surface area contributed by atoms with E-state index in [9.17, 15) is 14.4 Å². The van der Waals surface area contributed by atoms with Crippen LogP contribution in [0.15, 0.2) is 42.5 Å². The molecule has 0 saturated heterocycles. The van der Waals surface area contributed by atoms with Gasteiger partial charge in [0.25, 0.3) is 11.8 Å². The molecule has 2 rings (SSSR count). The van der Waals surface area contributed by atoms with Crippen molar-refractivity contribution in [2.45, 2.75) is 33.7 Å². The van der Waals surface area contributed by atoms with Gasteiger partial charge < -0.3 is 15.4 Å². The highest BCUT2D eigenvalue weighted by atomic mass is 16.5. The van der Waals surface area contributed by atoms with Crippen LogP contribution in [0.5, 0.6) is 5.75 Å². The molecule has 0 unspecified atom stereocenters. The Morgan fingerprint density at radius 1 is 1.00 bits per heavy atom. The monoisotopic (exact) mass is 398 g/mol. The molecular formula is C21H26N4O4. The van der Waals surface area contributed by atoms with Crippen LogP contribution in [-0.4, -0.2) is 30.5 Å². The van der Waals surface area contributed by atoms with Crippen LogP contribution in [-0.2, 0) is 4.79 Å². The van der Waals surface area contributed by atoms with Gasteiger partial charge in [-0.25, -0.2) is 4.79 Å². The lowest BCUT2D eigenvalue weighted by atomic mass is 10.1. The normalized spacial score (nSPS) is 10.2. The summed E-state index contributed by atoms with van der Waals surface area (Å²) in [7, 11) is 0. The van der Waals surface area contributed by atoms with Crippen molar-refractivity contribution >= 4 is 23.5 Å². The molecule has 0 radical (unpaired) electrons. The molecule has 0 saturated carbocycles. The maximum absolute atomic E-state index is 12.4. The summed E-state index contributed by atoms with van der Waals surface area (Å²) in [5.41, 5.74) is 7.09. The zero-order chi connectivity index (χ0) is 21.4. The van der Waals surface area contributed by atoms with Gasteiger partial charge in [-0.1, -0.05) is 24.3 Å². The van der Waals surface area contributed by atoms with Crippen LogP contribution >= 0.6 is 0 Å². The number of rotatable bonds is 6. The third-order valence-electron chi connectivity index (χ3n) is 3.86. The highest BCUT2D eigenvalue weighted by Gasteiger charge is 2.14. The van der Waals surface area contributed by atoms with E-state index in [1.807, 2.05) is 45.9 Å². The van der Waals surface area contributed by atoms with Crippen molar-refractivity contribution in [3.05, 3.63) is 59.2 Å². The SMILES string of the molecule is Cc1ccc(C)c(OCC(=O)NNC(=O)c2ccccc2NC(=O)NC(C)C)c1. The van der Waals surface area contributed by atoms with Crippen molar-refractivity contribution in [1.29, 1.82) is 0 Å². The van der Waals surface area contributed by atoms with Crippen LogP contribution < -0.4 is 26.2 Å². The van der Waals surface area contributed by atoms with Crippen LogP contribution in [0.4, 0.5) is 10.5 Å². The molecule has 0 aromatic heterocycles. The van der Waals surface area contributed by atoms with E-state index in [-0.39, 0.29) is 18.2 Å². The highest BCUT2D eigenvalue weighted by Crippen LogP contribution is 2.19. The van der Waals surface area contributed by atoms with Gasteiger partial charge >= 0.3 is 6.03 Å². The summed E-state index contributed by atoms with van der Waals surface area (Å²) in [6.07, 6.45) is 0. The molecule has 0 heterocycles. The van der Waals surface area contributed by atoms with Gasteiger partial charge in [0.05, 0.1) is 11.3 Å². The van der Waals surface area contributed by atoms with Crippen LogP contribution in [0.3, 0.4) is 0 Å². The summed E-state index contributed by atoms with van der Waals surface area (Å²) in [5, 5.41) is 5.30. The summed E-state index contributed by atoms with van der Waals surface area (Å²) in [6, 6.07) is 11.7. The Bertz CT molecular complexity index is 896. The minimum Gasteiger partial charge on any atom is -0.483 e. The maximum atomic E-state index is 12.4. The number of hydrogen-bond acceptors (Lipinski definition) is 4. The molecule has 0 fully saturated rings. The van der Waals surface area contributed by atoms with Crippen molar-refractivity contribution in [2.75, 3.05) is 11.9 Å². The number of nitrogens with one attached hydrogen (secondary N) is 4. The lowest BCUT2D eigenvalue weighted by molar-refractivity contribution is -0.123. The number of urea groups is 1. The average molecular weight is 398 g/mol. The molecule has 0 bridgehead atoms. The summed E-state index contributed by atoms with van der Waals surface area (Å²) >= 11 is 0. The molecular weight excluding hydrogens is 372 g/mol. The molecule has 8 heteroatoms. The fourth-order valence-electron chi connectivity index (χ4n) is 2.45. The summed E-state index contributed by atoms with van der Waals surface area (Å²) in [6.45, 7) is 7.22. The first-order valence-corrected chi connectivity index (χ1v) is 9.22.